The van der Waals surface area contributed by atoms with Gasteiger partial charge in [0.15, 0.2) is 0 Å². The second-order valence-corrected chi connectivity index (χ2v) is 1.98. The van der Waals surface area contributed by atoms with Gasteiger partial charge < -0.3 is 5.32 Å². The molecular weight excluding hydrogens is 121 g/mol. The zero-order valence-corrected chi connectivity index (χ0v) is 5.78. The average Bonchev–Trinajstić information content (AvgIpc) is 2.23. The molecule has 1 amide bonds. The lowest BCUT2D eigenvalue weighted by Gasteiger charge is -1.90. The highest BCUT2D eigenvalue weighted by Crippen LogP contribution is 2.05. The van der Waals surface area contributed by atoms with E-state index in [-0.39, 0.29) is 11.8 Å². The smallest absolute Gasteiger partial charge is 0.222 e. The summed E-state index contributed by atoms with van der Waals surface area (Å²) in [6.07, 6.45) is 1.01. The first-order valence-electron chi connectivity index (χ1n) is 2.96. The minimum Gasteiger partial charge on any atom is -0.356 e. The Morgan fingerprint density at radius 2 is 2.22 bits per heavy atom. The number of hydrogen-bond donors (Lipinski definition) is 1. The summed E-state index contributed by atoms with van der Waals surface area (Å²) in [6.45, 7) is 2.82. The molecule has 9 heavy (non-hydrogen) atoms. The average molecular weight is 133 g/mol. The van der Waals surface area contributed by atoms with Crippen molar-refractivity contribution in [1.82, 2.24) is 5.32 Å². The fraction of sp³-hybridized carbons (Fsp3) is 0.833. The summed E-state index contributed by atoms with van der Waals surface area (Å²) >= 11 is 0. The van der Waals surface area contributed by atoms with Crippen LogP contribution in [-0.4, -0.2) is 19.6 Å². The van der Waals surface area contributed by atoms with Crippen LogP contribution in [0, 0.1) is 5.92 Å². The fourth-order valence-corrected chi connectivity index (χ4v) is 0.717. The second-order valence-electron chi connectivity index (χ2n) is 1.98. The number of hydrogen-bond acceptors (Lipinski definition) is 1. The highest BCUT2D eigenvalue weighted by atomic mass is 19.1. The highest BCUT2D eigenvalue weighted by Gasteiger charge is 2.17. The van der Waals surface area contributed by atoms with E-state index in [9.17, 15) is 9.18 Å². The number of nitrogens with one attached hydrogen (secondary N) is 1. The molecule has 0 spiro atoms. The van der Waals surface area contributed by atoms with E-state index in [1.165, 1.54) is 0 Å². The lowest BCUT2D eigenvalue weighted by atomic mass is 10.1. The number of amides is 1. The molecule has 0 aliphatic carbocycles. The van der Waals surface area contributed by atoms with Crippen molar-refractivity contribution >= 4 is 5.91 Å². The maximum atomic E-state index is 10.5. The van der Waals surface area contributed by atoms with Crippen molar-refractivity contribution in [3.63, 3.8) is 0 Å². The van der Waals surface area contributed by atoms with Crippen molar-refractivity contribution in [2.75, 3.05) is 13.7 Å². The quantitative estimate of drug-likeness (QED) is 0.518. The maximum Gasteiger partial charge on any atom is 0.222 e. The molecule has 2 nitrogen and oxygen atoms in total. The van der Waals surface area contributed by atoms with E-state index in [0.717, 1.165) is 13.0 Å². The zero-order valence-electron chi connectivity index (χ0n) is 5.78. The predicted molar refractivity (Wildman–Crippen MR) is 33.8 cm³/mol. The first-order valence-corrected chi connectivity index (χ1v) is 2.96. The molecular formula is C6H12FNO. The van der Waals surface area contributed by atoms with Crippen LogP contribution in [0.15, 0.2) is 0 Å². The van der Waals surface area contributed by atoms with Gasteiger partial charge in [-0.05, 0) is 6.42 Å². The van der Waals surface area contributed by atoms with Gasteiger partial charge in [-0.15, -0.1) is 0 Å². The Kier molecular flexibility index (Phi) is 4.01. The standard InChI is InChI=1S/C5H9NO.CH3F/c1-4-2-3-6-5(4)7;1-2/h4H,2-3H2,1H3,(H,6,7);1H3. The molecule has 1 rings (SSSR count). The van der Waals surface area contributed by atoms with Crippen molar-refractivity contribution < 1.29 is 9.18 Å². The van der Waals surface area contributed by atoms with Gasteiger partial charge in [-0.3, -0.25) is 9.18 Å². The zero-order chi connectivity index (χ0) is 7.28. The number of halogens is 1. The highest BCUT2D eigenvalue weighted by molar-refractivity contribution is 5.80. The van der Waals surface area contributed by atoms with Crippen molar-refractivity contribution in [3.05, 3.63) is 0 Å². The Hall–Kier alpha value is -0.600. The van der Waals surface area contributed by atoms with Crippen LogP contribution < -0.4 is 5.32 Å². The first-order chi connectivity index (χ1) is 4.30. The van der Waals surface area contributed by atoms with Crippen LogP contribution >= 0.6 is 0 Å². The van der Waals surface area contributed by atoms with Gasteiger partial charge in [0.1, 0.15) is 0 Å². The van der Waals surface area contributed by atoms with E-state index in [4.69, 9.17) is 0 Å². The van der Waals surface area contributed by atoms with Crippen LogP contribution in [0.4, 0.5) is 4.39 Å². The molecule has 3 heteroatoms. The summed E-state index contributed by atoms with van der Waals surface area (Å²) in [6, 6.07) is 0. The van der Waals surface area contributed by atoms with Crippen LogP contribution in [0.2, 0.25) is 0 Å². The largest absolute Gasteiger partial charge is 0.356 e. The molecule has 0 aromatic carbocycles. The Labute approximate surface area is 54.4 Å². The van der Waals surface area contributed by atoms with E-state index in [1.54, 1.807) is 0 Å². The fourth-order valence-electron chi connectivity index (χ4n) is 0.717. The van der Waals surface area contributed by atoms with Crippen LogP contribution in [0.3, 0.4) is 0 Å². The Balaban J connectivity index is 0.000000291. The SMILES string of the molecule is CC1CCNC1=O.CF. The third kappa shape index (κ3) is 2.44. The number of rotatable bonds is 0. The molecule has 1 aliphatic rings. The predicted octanol–water partition coefficient (Wildman–Crippen LogP) is 0.728. The van der Waals surface area contributed by atoms with Gasteiger partial charge in [-0.2, -0.15) is 0 Å². The number of carbonyl (C=O) groups excluding carboxylic acids is 1. The molecule has 1 N–H and O–H groups in total. The van der Waals surface area contributed by atoms with Gasteiger partial charge in [0, 0.05) is 12.5 Å². The minimum absolute atomic E-state index is 0.208. The number of carbonyl (C=O) groups is 1. The lowest BCUT2D eigenvalue weighted by molar-refractivity contribution is -0.121. The lowest BCUT2D eigenvalue weighted by Crippen LogP contribution is -2.16. The number of alkyl halides is 1. The van der Waals surface area contributed by atoms with E-state index in [2.05, 4.69) is 5.32 Å². The van der Waals surface area contributed by atoms with Gasteiger partial charge in [0.2, 0.25) is 5.91 Å². The summed E-state index contributed by atoms with van der Waals surface area (Å²) < 4.78 is 9.50. The van der Waals surface area contributed by atoms with Crippen molar-refractivity contribution in [3.8, 4) is 0 Å². The van der Waals surface area contributed by atoms with Gasteiger partial charge in [0.25, 0.3) is 0 Å². The van der Waals surface area contributed by atoms with Crippen LogP contribution in [0.25, 0.3) is 0 Å². The molecule has 54 valence electrons. The Morgan fingerprint density at radius 1 is 1.67 bits per heavy atom. The first kappa shape index (κ1) is 8.40. The van der Waals surface area contributed by atoms with Crippen LogP contribution in [0.1, 0.15) is 13.3 Å². The molecule has 0 aromatic heterocycles. The van der Waals surface area contributed by atoms with Crippen molar-refractivity contribution in [2.45, 2.75) is 13.3 Å². The maximum absolute atomic E-state index is 10.5. The summed E-state index contributed by atoms with van der Waals surface area (Å²) in [5, 5.41) is 2.73. The molecule has 1 atom stereocenters. The van der Waals surface area contributed by atoms with Gasteiger partial charge in [0.05, 0.1) is 7.18 Å². The van der Waals surface area contributed by atoms with Crippen molar-refractivity contribution in [1.29, 1.82) is 0 Å². The van der Waals surface area contributed by atoms with Gasteiger partial charge in [-0.25, -0.2) is 0 Å². The topological polar surface area (TPSA) is 29.1 Å². The van der Waals surface area contributed by atoms with Crippen molar-refractivity contribution in [2.24, 2.45) is 5.92 Å². The second kappa shape index (κ2) is 4.30. The molecule has 0 bridgehead atoms. The summed E-state index contributed by atoms with van der Waals surface area (Å²) in [4.78, 5) is 10.5. The third-order valence-electron chi connectivity index (χ3n) is 1.32. The normalized spacial score (nSPS) is 24.3. The molecule has 1 saturated heterocycles. The van der Waals surface area contributed by atoms with E-state index < -0.39 is 0 Å². The van der Waals surface area contributed by atoms with Gasteiger partial charge in [-0.1, -0.05) is 6.92 Å². The molecule has 1 unspecified atom stereocenters. The van der Waals surface area contributed by atoms with Crippen LogP contribution in [0.5, 0.6) is 0 Å². The van der Waals surface area contributed by atoms with E-state index in [0.29, 0.717) is 7.18 Å². The van der Waals surface area contributed by atoms with E-state index in [1.807, 2.05) is 6.92 Å². The van der Waals surface area contributed by atoms with Crippen LogP contribution in [-0.2, 0) is 4.79 Å². The summed E-state index contributed by atoms with van der Waals surface area (Å²) in [5.74, 6) is 0.472. The monoisotopic (exact) mass is 133 g/mol. The van der Waals surface area contributed by atoms with E-state index >= 15 is 0 Å². The van der Waals surface area contributed by atoms with Gasteiger partial charge >= 0.3 is 0 Å². The molecule has 1 heterocycles. The minimum atomic E-state index is 0.208. The Morgan fingerprint density at radius 3 is 2.33 bits per heavy atom. The molecule has 1 aliphatic heterocycles. The molecule has 0 aromatic rings. The molecule has 0 radical (unpaired) electrons. The molecule has 1 fully saturated rings. The molecule has 0 saturated carbocycles. The third-order valence-corrected chi connectivity index (χ3v) is 1.32. The Bertz CT molecular complexity index is 95.1. The summed E-state index contributed by atoms with van der Waals surface area (Å²) in [5.41, 5.74) is 0. The summed E-state index contributed by atoms with van der Waals surface area (Å²) in [7, 11) is 0.500.